The number of carbonyl (C=O) groups is 2. The van der Waals surface area contributed by atoms with E-state index < -0.39 is 11.1 Å². The molecular weight excluding hydrogens is 509 g/mol. The topological polar surface area (TPSA) is 89.5 Å². The zero-order valence-electron chi connectivity index (χ0n) is 21.3. The second-order valence-corrected chi connectivity index (χ2v) is 9.53. The summed E-state index contributed by atoms with van der Waals surface area (Å²) in [7, 11) is 4.68. The maximum Gasteiger partial charge on any atom is 0.238 e. The van der Waals surface area contributed by atoms with Gasteiger partial charge in [-0.15, -0.1) is 0 Å². The Bertz CT molecular complexity index is 1330. The lowest BCUT2D eigenvalue weighted by Crippen LogP contribution is -2.46. The van der Waals surface area contributed by atoms with Gasteiger partial charge in [0.15, 0.2) is 16.7 Å². The van der Waals surface area contributed by atoms with Gasteiger partial charge in [0.2, 0.25) is 11.8 Å². The maximum atomic E-state index is 14.4. The van der Waals surface area contributed by atoms with E-state index in [0.717, 1.165) is 17.3 Å². The third-order valence-corrected chi connectivity index (χ3v) is 7.12. The molecule has 4 rings (SSSR count). The standard InChI is InChI=1S/C28H28FN3O5S/c1-35-20-11-9-19(10-12-20)30-27(34)25-17-26(33)32(28(38-25)31-22-7-5-4-6-21(22)29)15-14-18-8-13-23(36-2)24(16-18)37-3/h4-13,16,25H,14-15,17H2,1-3H3,(H,30,34)/t25-/m1/s1. The first-order chi connectivity index (χ1) is 18.4. The van der Waals surface area contributed by atoms with Crippen LogP contribution in [0.2, 0.25) is 0 Å². The number of nitrogens with zero attached hydrogens (tertiary/aromatic N) is 2. The van der Waals surface area contributed by atoms with Crippen molar-refractivity contribution in [1.82, 2.24) is 4.90 Å². The number of benzene rings is 3. The highest BCUT2D eigenvalue weighted by Gasteiger charge is 2.36. The summed E-state index contributed by atoms with van der Waals surface area (Å²) in [6, 6.07) is 18.5. The Morgan fingerprint density at radius 1 is 1.03 bits per heavy atom. The van der Waals surface area contributed by atoms with E-state index in [9.17, 15) is 14.0 Å². The van der Waals surface area contributed by atoms with Crippen molar-refractivity contribution in [2.24, 2.45) is 4.99 Å². The number of rotatable bonds is 9. The van der Waals surface area contributed by atoms with Gasteiger partial charge in [-0.1, -0.05) is 30.0 Å². The van der Waals surface area contributed by atoms with Gasteiger partial charge in [0.1, 0.15) is 22.5 Å². The zero-order chi connectivity index (χ0) is 27.1. The molecule has 1 atom stereocenters. The second-order valence-electron chi connectivity index (χ2n) is 8.36. The number of anilines is 1. The smallest absolute Gasteiger partial charge is 0.238 e. The van der Waals surface area contributed by atoms with Crippen LogP contribution in [0.5, 0.6) is 17.2 Å². The minimum absolute atomic E-state index is 0.0190. The number of halogens is 1. The number of amides is 2. The molecule has 198 valence electrons. The SMILES string of the molecule is COc1ccc(NC(=O)[C@H]2CC(=O)N(CCc3ccc(OC)c(OC)c3)C(=Nc3ccccc3F)S2)cc1. The Balaban J connectivity index is 1.55. The summed E-state index contributed by atoms with van der Waals surface area (Å²) in [5.74, 6) is 0.726. The number of ether oxygens (including phenoxy) is 3. The van der Waals surface area contributed by atoms with Crippen LogP contribution in [0.1, 0.15) is 12.0 Å². The normalized spacial score (nSPS) is 16.3. The summed E-state index contributed by atoms with van der Waals surface area (Å²) in [5, 5.41) is 2.37. The van der Waals surface area contributed by atoms with Gasteiger partial charge in [0.25, 0.3) is 0 Å². The molecule has 2 amide bonds. The molecule has 1 aliphatic heterocycles. The number of hydrogen-bond donors (Lipinski definition) is 1. The summed E-state index contributed by atoms with van der Waals surface area (Å²) in [4.78, 5) is 32.3. The van der Waals surface area contributed by atoms with Gasteiger partial charge in [-0.2, -0.15) is 0 Å². The van der Waals surface area contributed by atoms with E-state index in [1.807, 2.05) is 12.1 Å². The summed E-state index contributed by atoms with van der Waals surface area (Å²) >= 11 is 1.14. The first kappa shape index (κ1) is 27.0. The van der Waals surface area contributed by atoms with Gasteiger partial charge in [0.05, 0.1) is 21.3 Å². The van der Waals surface area contributed by atoms with Crippen LogP contribution in [-0.4, -0.2) is 55.0 Å². The van der Waals surface area contributed by atoms with Gasteiger partial charge in [-0.3, -0.25) is 14.5 Å². The van der Waals surface area contributed by atoms with Crippen molar-refractivity contribution in [3.05, 3.63) is 78.1 Å². The van der Waals surface area contributed by atoms with Crippen molar-refractivity contribution in [2.75, 3.05) is 33.2 Å². The summed E-state index contributed by atoms with van der Waals surface area (Å²) in [5.41, 5.74) is 1.59. The van der Waals surface area contributed by atoms with Crippen molar-refractivity contribution < 1.29 is 28.2 Å². The maximum absolute atomic E-state index is 14.4. The Morgan fingerprint density at radius 2 is 1.76 bits per heavy atom. The van der Waals surface area contributed by atoms with Gasteiger partial charge in [0, 0.05) is 18.7 Å². The van der Waals surface area contributed by atoms with E-state index in [4.69, 9.17) is 14.2 Å². The fourth-order valence-electron chi connectivity index (χ4n) is 3.88. The number of hydrogen-bond acceptors (Lipinski definition) is 7. The van der Waals surface area contributed by atoms with E-state index in [1.54, 1.807) is 63.8 Å². The minimum Gasteiger partial charge on any atom is -0.497 e. The molecule has 1 aliphatic rings. The van der Waals surface area contributed by atoms with E-state index >= 15 is 0 Å². The molecule has 1 saturated heterocycles. The number of para-hydroxylation sites is 1. The van der Waals surface area contributed by atoms with Crippen LogP contribution >= 0.6 is 11.8 Å². The fraction of sp³-hybridized carbons (Fsp3) is 0.250. The predicted molar refractivity (Wildman–Crippen MR) is 146 cm³/mol. The number of nitrogens with one attached hydrogen (secondary N) is 1. The molecule has 10 heteroatoms. The van der Waals surface area contributed by atoms with Gasteiger partial charge < -0.3 is 19.5 Å². The molecule has 1 N–H and O–H groups in total. The molecule has 3 aromatic rings. The van der Waals surface area contributed by atoms with Crippen LogP contribution in [0.25, 0.3) is 0 Å². The molecule has 3 aromatic carbocycles. The molecule has 1 fully saturated rings. The third-order valence-electron chi connectivity index (χ3n) is 5.93. The number of aliphatic imine (C=N–C) groups is 1. The number of carbonyl (C=O) groups excluding carboxylic acids is 2. The lowest BCUT2D eigenvalue weighted by Gasteiger charge is -2.32. The molecule has 0 saturated carbocycles. The second kappa shape index (κ2) is 12.5. The van der Waals surface area contributed by atoms with Crippen LogP contribution < -0.4 is 19.5 Å². The first-order valence-corrected chi connectivity index (χ1v) is 12.8. The van der Waals surface area contributed by atoms with Crippen LogP contribution in [0, 0.1) is 5.82 Å². The highest BCUT2D eigenvalue weighted by atomic mass is 32.2. The quantitative estimate of drug-likeness (QED) is 0.411. The van der Waals surface area contributed by atoms with Crippen LogP contribution in [0.4, 0.5) is 15.8 Å². The van der Waals surface area contributed by atoms with Crippen LogP contribution in [-0.2, 0) is 16.0 Å². The molecule has 8 nitrogen and oxygen atoms in total. The predicted octanol–water partition coefficient (Wildman–Crippen LogP) is 5.05. The summed E-state index contributed by atoms with van der Waals surface area (Å²) < 4.78 is 30.3. The minimum atomic E-state index is -0.729. The lowest BCUT2D eigenvalue weighted by atomic mass is 10.1. The third kappa shape index (κ3) is 6.44. The molecule has 0 radical (unpaired) electrons. The van der Waals surface area contributed by atoms with Crippen molar-refractivity contribution >= 4 is 40.1 Å². The van der Waals surface area contributed by atoms with E-state index in [-0.39, 0.29) is 29.1 Å². The number of thioether (sulfide) groups is 1. The summed E-state index contributed by atoms with van der Waals surface area (Å²) in [6.07, 6.45) is 0.473. The summed E-state index contributed by atoms with van der Waals surface area (Å²) in [6.45, 7) is 0.293. The molecule has 38 heavy (non-hydrogen) atoms. The monoisotopic (exact) mass is 537 g/mol. The average molecular weight is 538 g/mol. The number of amidine groups is 1. The van der Waals surface area contributed by atoms with Crippen molar-refractivity contribution in [3.8, 4) is 17.2 Å². The van der Waals surface area contributed by atoms with E-state index in [1.165, 1.54) is 17.0 Å². The highest BCUT2D eigenvalue weighted by Crippen LogP contribution is 2.32. The molecule has 0 aliphatic carbocycles. The van der Waals surface area contributed by atoms with Crippen LogP contribution in [0.3, 0.4) is 0 Å². The lowest BCUT2D eigenvalue weighted by molar-refractivity contribution is -0.129. The molecule has 0 aromatic heterocycles. The van der Waals surface area contributed by atoms with Gasteiger partial charge >= 0.3 is 0 Å². The average Bonchev–Trinajstić information content (AvgIpc) is 2.93. The van der Waals surface area contributed by atoms with Crippen molar-refractivity contribution in [3.63, 3.8) is 0 Å². The Morgan fingerprint density at radius 3 is 2.45 bits per heavy atom. The first-order valence-electron chi connectivity index (χ1n) is 11.9. The Hall–Kier alpha value is -4.05. The zero-order valence-corrected chi connectivity index (χ0v) is 22.1. The van der Waals surface area contributed by atoms with Gasteiger partial charge in [-0.05, 0) is 60.5 Å². The molecular formula is C28H28FN3O5S. The highest BCUT2D eigenvalue weighted by molar-refractivity contribution is 8.15. The van der Waals surface area contributed by atoms with Crippen molar-refractivity contribution in [2.45, 2.75) is 18.1 Å². The fourth-order valence-corrected chi connectivity index (χ4v) is 5.00. The molecule has 1 heterocycles. The Labute approximate surface area is 224 Å². The molecule has 0 unspecified atom stereocenters. The van der Waals surface area contributed by atoms with E-state index in [0.29, 0.717) is 35.9 Å². The largest absolute Gasteiger partial charge is 0.497 e. The Kier molecular flexibility index (Phi) is 8.85. The molecule has 0 bridgehead atoms. The number of methoxy groups -OCH3 is 3. The van der Waals surface area contributed by atoms with Gasteiger partial charge in [-0.25, -0.2) is 9.38 Å². The van der Waals surface area contributed by atoms with E-state index in [2.05, 4.69) is 10.3 Å². The molecule has 0 spiro atoms. The van der Waals surface area contributed by atoms with Crippen molar-refractivity contribution in [1.29, 1.82) is 0 Å². The van der Waals surface area contributed by atoms with Crippen LogP contribution in [0.15, 0.2) is 71.7 Å².